The average Bonchev–Trinajstić information content (AvgIpc) is 2.61. The first-order valence-corrected chi connectivity index (χ1v) is 5.40. The Bertz CT molecular complexity index is 577. The van der Waals surface area contributed by atoms with Crippen molar-refractivity contribution in [2.24, 2.45) is 0 Å². The number of methoxy groups -OCH3 is 1. The molecule has 0 amide bonds. The van der Waals surface area contributed by atoms with Gasteiger partial charge in [0.15, 0.2) is 0 Å². The number of benzene rings is 1. The minimum absolute atomic E-state index is 0.312. The van der Waals surface area contributed by atoms with E-state index in [-0.39, 0.29) is 0 Å². The van der Waals surface area contributed by atoms with Gasteiger partial charge in [-0.3, -0.25) is 0 Å². The van der Waals surface area contributed by atoms with Gasteiger partial charge >= 0.3 is 5.97 Å². The van der Waals surface area contributed by atoms with E-state index in [9.17, 15) is 9.18 Å². The van der Waals surface area contributed by atoms with E-state index < -0.39 is 11.8 Å². The molecule has 0 aliphatic heterocycles. The van der Waals surface area contributed by atoms with Crippen LogP contribution >= 0.6 is 15.9 Å². The number of halogens is 2. The highest BCUT2D eigenvalue weighted by molar-refractivity contribution is 9.10. The van der Waals surface area contributed by atoms with Crippen molar-refractivity contribution in [1.82, 2.24) is 4.98 Å². The van der Waals surface area contributed by atoms with E-state index in [1.54, 1.807) is 13.0 Å². The first kappa shape index (κ1) is 11.1. The summed E-state index contributed by atoms with van der Waals surface area (Å²) in [6.45, 7) is 1.71. The maximum Gasteiger partial charge on any atom is 0.340 e. The van der Waals surface area contributed by atoms with Gasteiger partial charge in [0.2, 0.25) is 0 Å². The lowest BCUT2D eigenvalue weighted by Gasteiger charge is -2.00. The summed E-state index contributed by atoms with van der Waals surface area (Å²) in [5, 5.41) is 0.518. The number of fused-ring (bicyclic) bond motifs is 1. The predicted octanol–water partition coefficient (Wildman–Crippen LogP) is 3.16. The Kier molecular flexibility index (Phi) is 2.71. The number of carbonyl (C=O) groups is 1. The molecule has 1 aromatic carbocycles. The smallest absolute Gasteiger partial charge is 0.340 e. The number of aryl methyl sites for hydroxylation is 1. The molecule has 0 aliphatic rings. The third kappa shape index (κ3) is 1.51. The van der Waals surface area contributed by atoms with Gasteiger partial charge in [-0.15, -0.1) is 0 Å². The zero-order valence-electron chi connectivity index (χ0n) is 8.73. The Morgan fingerprint density at radius 2 is 2.19 bits per heavy atom. The topological polar surface area (TPSA) is 42.1 Å². The third-order valence-corrected chi connectivity index (χ3v) is 3.09. The van der Waals surface area contributed by atoms with E-state index in [1.165, 1.54) is 13.2 Å². The molecule has 2 aromatic rings. The van der Waals surface area contributed by atoms with Gasteiger partial charge in [0, 0.05) is 15.6 Å². The largest absolute Gasteiger partial charge is 0.465 e. The van der Waals surface area contributed by atoms with Crippen LogP contribution in [0.1, 0.15) is 16.1 Å². The molecule has 3 nitrogen and oxygen atoms in total. The van der Waals surface area contributed by atoms with Crippen molar-refractivity contribution < 1.29 is 13.9 Å². The van der Waals surface area contributed by atoms with Crippen molar-refractivity contribution in [3.8, 4) is 0 Å². The Morgan fingerprint density at radius 3 is 2.81 bits per heavy atom. The van der Waals surface area contributed by atoms with Crippen LogP contribution in [0.25, 0.3) is 10.9 Å². The first-order valence-electron chi connectivity index (χ1n) is 4.61. The van der Waals surface area contributed by atoms with Crippen molar-refractivity contribution in [3.05, 3.63) is 33.7 Å². The second-order valence-corrected chi connectivity index (χ2v) is 4.25. The summed E-state index contributed by atoms with van der Waals surface area (Å²) in [7, 11) is 1.30. The molecule has 0 spiro atoms. The van der Waals surface area contributed by atoms with E-state index >= 15 is 0 Å². The van der Waals surface area contributed by atoms with Crippen LogP contribution in [-0.2, 0) is 4.74 Å². The number of hydrogen-bond acceptors (Lipinski definition) is 2. The number of esters is 1. The van der Waals surface area contributed by atoms with Crippen molar-refractivity contribution in [2.75, 3.05) is 7.11 Å². The zero-order valence-corrected chi connectivity index (χ0v) is 10.3. The van der Waals surface area contributed by atoms with Crippen molar-refractivity contribution in [1.29, 1.82) is 0 Å². The molecule has 2 rings (SSSR count). The van der Waals surface area contributed by atoms with Crippen LogP contribution in [-0.4, -0.2) is 18.1 Å². The van der Waals surface area contributed by atoms with Crippen LogP contribution < -0.4 is 0 Å². The van der Waals surface area contributed by atoms with Gasteiger partial charge < -0.3 is 9.72 Å². The Morgan fingerprint density at radius 1 is 1.50 bits per heavy atom. The fourth-order valence-corrected chi connectivity index (χ4v) is 2.24. The number of nitrogens with one attached hydrogen (secondary N) is 1. The quantitative estimate of drug-likeness (QED) is 0.818. The maximum absolute atomic E-state index is 13.5. The summed E-state index contributed by atoms with van der Waals surface area (Å²) >= 11 is 3.30. The van der Waals surface area contributed by atoms with Gasteiger partial charge in [0.1, 0.15) is 5.82 Å². The van der Waals surface area contributed by atoms with Crippen LogP contribution in [0.15, 0.2) is 16.6 Å². The molecule has 0 bridgehead atoms. The molecular formula is C11H9BrFNO2. The summed E-state index contributed by atoms with van der Waals surface area (Å²) in [5.74, 6) is -0.869. The number of aromatic amines is 1. The highest BCUT2D eigenvalue weighted by Gasteiger charge is 2.20. The van der Waals surface area contributed by atoms with Crippen LogP contribution in [0, 0.1) is 12.7 Å². The number of carbonyl (C=O) groups excluding carboxylic acids is 1. The molecule has 1 heterocycles. The van der Waals surface area contributed by atoms with Crippen LogP contribution in [0.3, 0.4) is 0 Å². The molecule has 0 radical (unpaired) electrons. The monoisotopic (exact) mass is 285 g/mol. The molecule has 0 unspecified atom stereocenters. The molecular weight excluding hydrogens is 277 g/mol. The summed E-state index contributed by atoms with van der Waals surface area (Å²) in [5.41, 5.74) is 1.27. The lowest BCUT2D eigenvalue weighted by atomic mass is 10.1. The molecule has 1 N–H and O–H groups in total. The number of H-pyrrole nitrogens is 1. The molecule has 84 valence electrons. The fourth-order valence-electron chi connectivity index (χ4n) is 1.71. The molecule has 0 saturated heterocycles. The van der Waals surface area contributed by atoms with Gasteiger partial charge in [0.25, 0.3) is 0 Å². The lowest BCUT2D eigenvalue weighted by molar-refractivity contribution is 0.0602. The van der Waals surface area contributed by atoms with Gasteiger partial charge in [-0.25, -0.2) is 9.18 Å². The number of hydrogen-bond donors (Lipinski definition) is 1. The number of aromatic nitrogens is 1. The molecule has 0 fully saturated rings. The summed E-state index contributed by atoms with van der Waals surface area (Å²) in [6, 6.07) is 2.90. The van der Waals surface area contributed by atoms with Crippen LogP contribution in [0.2, 0.25) is 0 Å². The maximum atomic E-state index is 13.5. The van der Waals surface area contributed by atoms with E-state index in [0.29, 0.717) is 26.6 Å². The van der Waals surface area contributed by atoms with Gasteiger partial charge in [-0.2, -0.15) is 0 Å². The zero-order chi connectivity index (χ0) is 11.9. The second kappa shape index (κ2) is 3.90. The Hall–Kier alpha value is -1.36. The SMILES string of the molecule is COC(=O)c1c(C)[nH]c2c(F)ccc(Br)c12. The van der Waals surface area contributed by atoms with E-state index in [2.05, 4.69) is 25.7 Å². The minimum Gasteiger partial charge on any atom is -0.465 e. The highest BCUT2D eigenvalue weighted by atomic mass is 79.9. The van der Waals surface area contributed by atoms with Crippen LogP contribution in [0.5, 0.6) is 0 Å². The van der Waals surface area contributed by atoms with Crippen molar-refractivity contribution in [2.45, 2.75) is 6.92 Å². The Balaban J connectivity index is 2.88. The van der Waals surface area contributed by atoms with Crippen molar-refractivity contribution >= 4 is 32.8 Å². The van der Waals surface area contributed by atoms with Gasteiger partial charge in [-0.1, -0.05) is 15.9 Å². The average molecular weight is 286 g/mol. The first-order chi connectivity index (χ1) is 7.56. The number of ether oxygens (including phenoxy) is 1. The van der Waals surface area contributed by atoms with Crippen molar-refractivity contribution in [3.63, 3.8) is 0 Å². The van der Waals surface area contributed by atoms with E-state index in [0.717, 1.165) is 0 Å². The second-order valence-electron chi connectivity index (χ2n) is 3.40. The summed E-state index contributed by atoms with van der Waals surface area (Å²) < 4.78 is 18.9. The normalized spacial score (nSPS) is 10.8. The molecule has 0 aliphatic carbocycles. The molecule has 0 saturated carbocycles. The molecule has 0 atom stereocenters. The summed E-state index contributed by atoms with van der Waals surface area (Å²) in [4.78, 5) is 14.4. The third-order valence-electron chi connectivity index (χ3n) is 2.43. The number of rotatable bonds is 1. The Labute approximate surface area is 99.7 Å². The van der Waals surface area contributed by atoms with E-state index in [4.69, 9.17) is 0 Å². The van der Waals surface area contributed by atoms with Gasteiger partial charge in [0.05, 0.1) is 18.2 Å². The molecule has 5 heteroatoms. The van der Waals surface area contributed by atoms with Gasteiger partial charge in [-0.05, 0) is 19.1 Å². The van der Waals surface area contributed by atoms with E-state index in [1.807, 2.05) is 0 Å². The highest BCUT2D eigenvalue weighted by Crippen LogP contribution is 2.31. The molecule has 1 aromatic heterocycles. The minimum atomic E-state index is -0.477. The van der Waals surface area contributed by atoms with Crippen LogP contribution in [0.4, 0.5) is 4.39 Å². The summed E-state index contributed by atoms with van der Waals surface area (Å²) in [6.07, 6.45) is 0. The fraction of sp³-hybridized carbons (Fsp3) is 0.182. The predicted molar refractivity (Wildman–Crippen MR) is 62.0 cm³/mol. The lowest BCUT2D eigenvalue weighted by Crippen LogP contribution is -2.02. The molecule has 16 heavy (non-hydrogen) atoms. The standard InChI is InChI=1S/C11H9BrFNO2/c1-5-8(11(15)16-2)9-6(12)3-4-7(13)10(9)14-5/h3-4,14H,1-2H3.